The summed E-state index contributed by atoms with van der Waals surface area (Å²) in [5.74, 6) is -1.56. The molecule has 0 unspecified atom stereocenters. The lowest BCUT2D eigenvalue weighted by Crippen LogP contribution is -2.47. The lowest BCUT2D eigenvalue weighted by molar-refractivity contribution is -0.142. The quantitative estimate of drug-likeness (QED) is 0.482. The van der Waals surface area contributed by atoms with Crippen molar-refractivity contribution in [1.82, 2.24) is 14.9 Å². The third-order valence-corrected chi connectivity index (χ3v) is 6.44. The maximum atomic E-state index is 12.8. The Labute approximate surface area is 208 Å². The number of carbonyl (C=O) groups excluding carboxylic acids is 1. The first-order valence-electron chi connectivity index (χ1n) is 11.2. The molecule has 0 aliphatic carbocycles. The minimum Gasteiger partial charge on any atom is -0.480 e. The van der Waals surface area contributed by atoms with Gasteiger partial charge >= 0.3 is 5.97 Å². The Bertz CT molecular complexity index is 1120. The third kappa shape index (κ3) is 6.30. The van der Waals surface area contributed by atoms with Crippen LogP contribution in [0.25, 0.3) is 0 Å². The van der Waals surface area contributed by atoms with Crippen molar-refractivity contribution < 1.29 is 14.7 Å². The van der Waals surface area contributed by atoms with E-state index >= 15 is 0 Å². The summed E-state index contributed by atoms with van der Waals surface area (Å²) in [5, 5.41) is 13.5. The van der Waals surface area contributed by atoms with Gasteiger partial charge in [0, 0.05) is 53.9 Å². The highest BCUT2D eigenvalue weighted by Gasteiger charge is 2.29. The molecule has 34 heavy (non-hydrogen) atoms. The van der Waals surface area contributed by atoms with Gasteiger partial charge in [0.1, 0.15) is 6.04 Å². The van der Waals surface area contributed by atoms with Gasteiger partial charge in [-0.15, -0.1) is 0 Å². The van der Waals surface area contributed by atoms with E-state index in [4.69, 9.17) is 23.2 Å². The molecule has 0 saturated carbocycles. The summed E-state index contributed by atoms with van der Waals surface area (Å²) in [4.78, 5) is 31.1. The fourth-order valence-electron chi connectivity index (χ4n) is 4.21. The molecule has 0 radical (unpaired) electrons. The summed E-state index contributed by atoms with van der Waals surface area (Å²) in [5.41, 5.74) is 2.67. The first-order valence-corrected chi connectivity index (χ1v) is 11.9. The van der Waals surface area contributed by atoms with E-state index < -0.39 is 12.0 Å². The molecule has 3 aromatic rings. The number of piperidine rings is 1. The van der Waals surface area contributed by atoms with E-state index in [0.717, 1.165) is 11.3 Å². The number of nitrogens with zero attached hydrogens (tertiary/aromatic N) is 3. The van der Waals surface area contributed by atoms with Crippen molar-refractivity contribution in [3.8, 4) is 0 Å². The molecule has 2 aromatic carbocycles. The number of aromatic nitrogens is 2. The fourth-order valence-corrected chi connectivity index (χ4v) is 4.73. The van der Waals surface area contributed by atoms with Crippen molar-refractivity contribution in [2.24, 2.45) is 5.92 Å². The van der Waals surface area contributed by atoms with E-state index in [1.54, 1.807) is 12.4 Å². The number of halogens is 2. The van der Waals surface area contributed by atoms with Gasteiger partial charge in [-0.3, -0.25) is 4.79 Å². The van der Waals surface area contributed by atoms with Gasteiger partial charge in [0.2, 0.25) is 5.91 Å². The van der Waals surface area contributed by atoms with Crippen LogP contribution in [-0.4, -0.2) is 45.7 Å². The number of carboxylic acid groups (broad SMARTS) is 1. The minimum absolute atomic E-state index is 0.128. The molecule has 4 rings (SSSR count). The second-order valence-electron chi connectivity index (χ2n) is 8.52. The smallest absolute Gasteiger partial charge is 0.326 e. The average Bonchev–Trinajstić information content (AvgIpc) is 3.25. The van der Waals surface area contributed by atoms with Gasteiger partial charge in [0.05, 0.1) is 12.0 Å². The Morgan fingerprint density at radius 1 is 1.09 bits per heavy atom. The lowest BCUT2D eigenvalue weighted by atomic mass is 9.95. The highest BCUT2D eigenvalue weighted by atomic mass is 35.5. The SMILES string of the molecule is O=C(N[C@@H](Cc1cn(Cc2ccccc2)cn1)C(=O)O)C1CCN(c2cc(Cl)cc(Cl)c2)CC1. The summed E-state index contributed by atoms with van der Waals surface area (Å²) in [6.07, 6.45) is 4.87. The van der Waals surface area contributed by atoms with Crippen LogP contribution in [-0.2, 0) is 22.6 Å². The van der Waals surface area contributed by atoms with Gasteiger partial charge in [-0.2, -0.15) is 0 Å². The average molecular weight is 501 g/mol. The first-order chi connectivity index (χ1) is 16.4. The number of hydrogen-bond acceptors (Lipinski definition) is 4. The molecular formula is C25H26Cl2N4O3. The van der Waals surface area contributed by atoms with Crippen molar-refractivity contribution >= 4 is 40.8 Å². The molecule has 1 aromatic heterocycles. The Morgan fingerprint density at radius 2 is 1.76 bits per heavy atom. The lowest BCUT2D eigenvalue weighted by Gasteiger charge is -2.33. The van der Waals surface area contributed by atoms with E-state index in [9.17, 15) is 14.7 Å². The van der Waals surface area contributed by atoms with Gasteiger partial charge in [-0.25, -0.2) is 9.78 Å². The van der Waals surface area contributed by atoms with Gasteiger partial charge in [-0.05, 0) is 36.6 Å². The predicted octanol–water partition coefficient (Wildman–Crippen LogP) is 4.27. The number of amides is 1. The van der Waals surface area contributed by atoms with Crippen LogP contribution in [0.1, 0.15) is 24.1 Å². The molecule has 1 atom stereocenters. The van der Waals surface area contributed by atoms with Crippen molar-refractivity contribution in [3.05, 3.63) is 82.4 Å². The van der Waals surface area contributed by atoms with E-state index in [0.29, 0.717) is 48.2 Å². The Balaban J connectivity index is 1.32. The number of aliphatic carboxylic acids is 1. The molecule has 1 amide bonds. The van der Waals surface area contributed by atoms with Crippen molar-refractivity contribution in [2.75, 3.05) is 18.0 Å². The minimum atomic E-state index is -1.07. The molecule has 1 aliphatic heterocycles. The number of carbonyl (C=O) groups is 2. The molecule has 0 bridgehead atoms. The van der Waals surface area contributed by atoms with Gasteiger partial charge in [0.25, 0.3) is 0 Å². The molecule has 178 valence electrons. The third-order valence-electron chi connectivity index (χ3n) is 6.00. The number of carboxylic acids is 1. The van der Waals surface area contributed by atoms with E-state index in [-0.39, 0.29) is 18.2 Å². The van der Waals surface area contributed by atoms with Crippen LogP contribution in [0.15, 0.2) is 61.1 Å². The van der Waals surface area contributed by atoms with Crippen molar-refractivity contribution in [1.29, 1.82) is 0 Å². The zero-order chi connectivity index (χ0) is 24.1. The molecule has 7 nitrogen and oxygen atoms in total. The van der Waals surface area contributed by atoms with Crippen LogP contribution < -0.4 is 10.2 Å². The summed E-state index contributed by atoms with van der Waals surface area (Å²) in [6, 6.07) is 14.3. The maximum absolute atomic E-state index is 12.8. The fraction of sp³-hybridized carbons (Fsp3) is 0.320. The van der Waals surface area contributed by atoms with Crippen LogP contribution in [0.4, 0.5) is 5.69 Å². The Hall–Kier alpha value is -3.03. The van der Waals surface area contributed by atoms with Gasteiger partial charge in [-0.1, -0.05) is 53.5 Å². The molecule has 1 fully saturated rings. The Morgan fingerprint density at radius 3 is 2.41 bits per heavy atom. The van der Waals surface area contributed by atoms with Gasteiger partial charge in [0.15, 0.2) is 0 Å². The number of anilines is 1. The summed E-state index contributed by atoms with van der Waals surface area (Å²) in [6.45, 7) is 1.97. The summed E-state index contributed by atoms with van der Waals surface area (Å²) >= 11 is 12.2. The second-order valence-corrected chi connectivity index (χ2v) is 9.39. The highest BCUT2D eigenvalue weighted by Crippen LogP contribution is 2.29. The topological polar surface area (TPSA) is 87.5 Å². The largest absolute Gasteiger partial charge is 0.480 e. The summed E-state index contributed by atoms with van der Waals surface area (Å²) < 4.78 is 1.91. The molecule has 0 spiro atoms. The van der Waals surface area contributed by atoms with Crippen LogP contribution >= 0.6 is 23.2 Å². The van der Waals surface area contributed by atoms with Crippen LogP contribution in [0.2, 0.25) is 10.0 Å². The van der Waals surface area contributed by atoms with Crippen LogP contribution in [0, 0.1) is 5.92 Å². The van der Waals surface area contributed by atoms with E-state index in [2.05, 4.69) is 15.2 Å². The Kier molecular flexibility index (Phi) is 7.75. The highest BCUT2D eigenvalue weighted by molar-refractivity contribution is 6.35. The monoisotopic (exact) mass is 500 g/mol. The molecule has 1 aliphatic rings. The molecular weight excluding hydrogens is 475 g/mol. The first kappa shape index (κ1) is 24.1. The van der Waals surface area contributed by atoms with Crippen LogP contribution in [0.3, 0.4) is 0 Å². The van der Waals surface area contributed by atoms with Gasteiger partial charge < -0.3 is 19.9 Å². The number of benzene rings is 2. The molecule has 2 N–H and O–H groups in total. The van der Waals surface area contributed by atoms with Crippen molar-refractivity contribution in [3.63, 3.8) is 0 Å². The zero-order valence-electron chi connectivity index (χ0n) is 18.5. The number of rotatable bonds is 8. The molecule has 9 heteroatoms. The van der Waals surface area contributed by atoms with E-state index in [1.807, 2.05) is 53.2 Å². The number of imidazole rings is 1. The second kappa shape index (κ2) is 10.9. The molecule has 2 heterocycles. The van der Waals surface area contributed by atoms with E-state index in [1.165, 1.54) is 0 Å². The number of nitrogens with one attached hydrogen (secondary N) is 1. The predicted molar refractivity (Wildman–Crippen MR) is 132 cm³/mol. The molecule has 1 saturated heterocycles. The zero-order valence-corrected chi connectivity index (χ0v) is 20.0. The maximum Gasteiger partial charge on any atom is 0.326 e. The standard InChI is InChI=1S/C25H26Cl2N4O3/c26-19-10-20(27)12-22(11-19)31-8-6-18(7-9-31)24(32)29-23(25(33)34)13-21-15-30(16-28-21)14-17-4-2-1-3-5-17/h1-5,10-12,15-16,18,23H,6-9,13-14H2,(H,29,32)(H,33,34)/t23-/m0/s1. The van der Waals surface area contributed by atoms with Crippen LogP contribution in [0.5, 0.6) is 0 Å². The van der Waals surface area contributed by atoms with Crippen molar-refractivity contribution in [2.45, 2.75) is 31.8 Å². The summed E-state index contributed by atoms with van der Waals surface area (Å²) in [7, 11) is 0. The normalized spacial score (nSPS) is 15.2. The number of hydrogen-bond donors (Lipinski definition) is 2.